The second-order valence-corrected chi connectivity index (χ2v) is 5.99. The first-order valence-electron chi connectivity index (χ1n) is 7.25. The van der Waals surface area contributed by atoms with Gasteiger partial charge in [-0.05, 0) is 24.3 Å². The fraction of sp³-hybridized carbons (Fsp3) is 0.235. The van der Waals surface area contributed by atoms with Crippen LogP contribution in [0.3, 0.4) is 0 Å². The second kappa shape index (κ2) is 6.69. The van der Waals surface area contributed by atoms with Crippen LogP contribution in [0.15, 0.2) is 47.5 Å². The summed E-state index contributed by atoms with van der Waals surface area (Å²) in [5, 5.41) is 1.38. The molecule has 0 saturated heterocycles. The van der Waals surface area contributed by atoms with E-state index in [1.807, 2.05) is 42.5 Å². The summed E-state index contributed by atoms with van der Waals surface area (Å²) in [6.45, 7) is 2.93. The van der Waals surface area contributed by atoms with Gasteiger partial charge in [0.2, 0.25) is 0 Å². The molecule has 2 aromatic rings. The molecule has 2 aromatic carbocycles. The fourth-order valence-electron chi connectivity index (χ4n) is 2.73. The number of aliphatic imine (C=N–C) groups is 1. The molecule has 3 rings (SSSR count). The lowest BCUT2D eigenvalue weighted by atomic mass is 10.00. The Bertz CT molecular complexity index is 713. The van der Waals surface area contributed by atoms with E-state index in [0.29, 0.717) is 23.1 Å². The molecule has 1 aliphatic rings. The van der Waals surface area contributed by atoms with Gasteiger partial charge in [-0.2, -0.15) is 0 Å². The maximum atomic E-state index is 6.37. The maximum Gasteiger partial charge on any atom is 0.0756 e. The third-order valence-corrected chi connectivity index (χ3v) is 4.29. The first-order chi connectivity index (χ1) is 10.7. The molecule has 0 fully saturated rings. The van der Waals surface area contributed by atoms with Gasteiger partial charge in [0.1, 0.15) is 0 Å². The molecule has 5 heteroatoms. The lowest BCUT2D eigenvalue weighted by Gasteiger charge is -2.24. The van der Waals surface area contributed by atoms with Crippen LogP contribution >= 0.6 is 23.2 Å². The minimum absolute atomic E-state index is 0.601. The molecule has 0 radical (unpaired) electrons. The molecule has 0 amide bonds. The van der Waals surface area contributed by atoms with Gasteiger partial charge in [-0.15, -0.1) is 0 Å². The van der Waals surface area contributed by atoms with Crippen LogP contribution in [0, 0.1) is 0 Å². The van der Waals surface area contributed by atoms with Gasteiger partial charge in [0, 0.05) is 46.5 Å². The molecule has 2 N–H and O–H groups in total. The minimum Gasteiger partial charge on any atom is -0.368 e. The quantitative estimate of drug-likeness (QED) is 0.932. The van der Waals surface area contributed by atoms with Crippen molar-refractivity contribution in [3.63, 3.8) is 0 Å². The highest BCUT2D eigenvalue weighted by Gasteiger charge is 2.21. The molecular weight excluding hydrogens is 317 g/mol. The highest BCUT2D eigenvalue weighted by molar-refractivity contribution is 6.36. The van der Waals surface area contributed by atoms with Crippen molar-refractivity contribution in [3.8, 4) is 0 Å². The average Bonchev–Trinajstić information content (AvgIpc) is 2.68. The molecule has 0 aliphatic carbocycles. The summed E-state index contributed by atoms with van der Waals surface area (Å²) < 4.78 is 0. The Hall–Kier alpha value is -1.55. The molecular formula is C17H17Cl2N3. The van der Waals surface area contributed by atoms with Crippen LogP contribution in [0.2, 0.25) is 10.0 Å². The summed E-state index contributed by atoms with van der Waals surface area (Å²) in [5.41, 5.74) is 9.67. The molecule has 0 spiro atoms. The van der Waals surface area contributed by atoms with Gasteiger partial charge >= 0.3 is 0 Å². The Labute approximate surface area is 140 Å². The predicted octanol–water partition coefficient (Wildman–Crippen LogP) is 3.61. The largest absolute Gasteiger partial charge is 0.368 e. The zero-order chi connectivity index (χ0) is 15.5. The molecule has 1 heterocycles. The average molecular weight is 334 g/mol. The van der Waals surface area contributed by atoms with Crippen LogP contribution in [-0.2, 0) is 0 Å². The van der Waals surface area contributed by atoms with Crippen LogP contribution in [0.5, 0.6) is 0 Å². The van der Waals surface area contributed by atoms with Crippen LogP contribution < -0.4 is 10.6 Å². The van der Waals surface area contributed by atoms with Crippen molar-refractivity contribution >= 4 is 34.6 Å². The zero-order valence-electron chi connectivity index (χ0n) is 12.1. The number of nitrogens with zero attached hydrogens (tertiary/aromatic N) is 2. The normalized spacial score (nSPS) is 14.3. The number of anilines is 1. The molecule has 0 bridgehead atoms. The van der Waals surface area contributed by atoms with Crippen molar-refractivity contribution in [2.75, 3.05) is 31.1 Å². The van der Waals surface area contributed by atoms with E-state index < -0.39 is 0 Å². The van der Waals surface area contributed by atoms with E-state index in [4.69, 9.17) is 33.9 Å². The Balaban J connectivity index is 2.15. The van der Waals surface area contributed by atoms with Gasteiger partial charge in [0.15, 0.2) is 0 Å². The lowest BCUT2D eigenvalue weighted by molar-refractivity contribution is 0.788. The molecule has 0 aromatic heterocycles. The number of benzodiazepines with no additional fused rings is 1. The number of halogens is 2. The van der Waals surface area contributed by atoms with Gasteiger partial charge in [-0.3, -0.25) is 4.99 Å². The van der Waals surface area contributed by atoms with Crippen molar-refractivity contribution in [1.29, 1.82) is 0 Å². The third kappa shape index (κ3) is 2.98. The van der Waals surface area contributed by atoms with Crippen LogP contribution in [0.4, 0.5) is 5.69 Å². The summed E-state index contributed by atoms with van der Waals surface area (Å²) in [7, 11) is 0. The number of hydrogen-bond acceptors (Lipinski definition) is 3. The predicted molar refractivity (Wildman–Crippen MR) is 94.7 cm³/mol. The zero-order valence-corrected chi connectivity index (χ0v) is 13.6. The summed E-state index contributed by atoms with van der Waals surface area (Å²) in [4.78, 5) is 7.01. The molecule has 0 unspecified atom stereocenters. The van der Waals surface area contributed by atoms with E-state index in [2.05, 4.69) is 4.90 Å². The second-order valence-electron chi connectivity index (χ2n) is 5.15. The van der Waals surface area contributed by atoms with Crippen molar-refractivity contribution in [2.24, 2.45) is 10.7 Å². The topological polar surface area (TPSA) is 41.6 Å². The Morgan fingerprint density at radius 3 is 2.68 bits per heavy atom. The first-order valence-corrected chi connectivity index (χ1v) is 8.00. The van der Waals surface area contributed by atoms with Crippen molar-refractivity contribution in [2.45, 2.75) is 0 Å². The summed E-state index contributed by atoms with van der Waals surface area (Å²) in [5.74, 6) is 0. The van der Waals surface area contributed by atoms with Gasteiger partial charge < -0.3 is 10.6 Å². The number of rotatable bonds is 3. The molecule has 114 valence electrons. The molecule has 3 nitrogen and oxygen atoms in total. The fourth-order valence-corrected chi connectivity index (χ4v) is 3.13. The highest BCUT2D eigenvalue weighted by Crippen LogP contribution is 2.30. The summed E-state index contributed by atoms with van der Waals surface area (Å²) >= 11 is 12.6. The van der Waals surface area contributed by atoms with E-state index in [1.54, 1.807) is 0 Å². The first kappa shape index (κ1) is 15.3. The van der Waals surface area contributed by atoms with E-state index in [9.17, 15) is 0 Å². The lowest BCUT2D eigenvalue weighted by Crippen LogP contribution is -2.31. The summed E-state index contributed by atoms with van der Waals surface area (Å²) in [6.07, 6.45) is 0. The minimum atomic E-state index is 0.601. The Morgan fingerprint density at radius 1 is 1.09 bits per heavy atom. The maximum absolute atomic E-state index is 6.37. The number of nitrogens with two attached hydrogens (primary N) is 1. The number of benzene rings is 2. The SMILES string of the molecule is NCCN1CCN=C(c2ccccc2Cl)c2cc(Cl)ccc21. The van der Waals surface area contributed by atoms with E-state index in [0.717, 1.165) is 35.6 Å². The van der Waals surface area contributed by atoms with Gasteiger partial charge in [0.25, 0.3) is 0 Å². The van der Waals surface area contributed by atoms with E-state index >= 15 is 0 Å². The van der Waals surface area contributed by atoms with Gasteiger partial charge in [0.05, 0.1) is 12.3 Å². The van der Waals surface area contributed by atoms with E-state index in [-0.39, 0.29) is 0 Å². The summed E-state index contributed by atoms with van der Waals surface area (Å²) in [6, 6.07) is 13.6. The third-order valence-electron chi connectivity index (χ3n) is 3.72. The smallest absolute Gasteiger partial charge is 0.0756 e. The number of fused-ring (bicyclic) bond motifs is 1. The molecule has 22 heavy (non-hydrogen) atoms. The molecule has 0 saturated carbocycles. The molecule has 0 atom stereocenters. The van der Waals surface area contributed by atoms with Gasteiger partial charge in [-0.25, -0.2) is 0 Å². The molecule has 1 aliphatic heterocycles. The van der Waals surface area contributed by atoms with Crippen LogP contribution in [-0.4, -0.2) is 31.9 Å². The standard InChI is InChI=1S/C17H17Cl2N3/c18-12-5-6-16-14(11-12)17(13-3-1-2-4-15(13)19)21-8-10-22(16)9-7-20/h1-6,11H,7-10,20H2. The van der Waals surface area contributed by atoms with Crippen LogP contribution in [0.1, 0.15) is 11.1 Å². The van der Waals surface area contributed by atoms with Crippen molar-refractivity contribution < 1.29 is 0 Å². The monoisotopic (exact) mass is 333 g/mol. The van der Waals surface area contributed by atoms with Gasteiger partial charge in [-0.1, -0.05) is 41.4 Å². The number of hydrogen-bond donors (Lipinski definition) is 1. The van der Waals surface area contributed by atoms with E-state index in [1.165, 1.54) is 0 Å². The van der Waals surface area contributed by atoms with Crippen LogP contribution in [0.25, 0.3) is 0 Å². The van der Waals surface area contributed by atoms with Crippen molar-refractivity contribution in [1.82, 2.24) is 0 Å². The highest BCUT2D eigenvalue weighted by atomic mass is 35.5. The Kier molecular flexibility index (Phi) is 4.67. The van der Waals surface area contributed by atoms with Crippen molar-refractivity contribution in [3.05, 3.63) is 63.6 Å². The Morgan fingerprint density at radius 2 is 1.91 bits per heavy atom.